The van der Waals surface area contributed by atoms with Crippen molar-refractivity contribution in [3.63, 3.8) is 0 Å². The molecule has 0 amide bonds. The molecule has 0 N–H and O–H groups in total. The molecule has 1 heterocycles. The molecule has 0 fully saturated rings. The highest BCUT2D eigenvalue weighted by molar-refractivity contribution is 5.78. The highest BCUT2D eigenvalue weighted by atomic mass is 19.1. The van der Waals surface area contributed by atoms with Crippen LogP contribution in [-0.2, 0) is 6.61 Å². The van der Waals surface area contributed by atoms with Crippen LogP contribution in [0.2, 0.25) is 0 Å². The van der Waals surface area contributed by atoms with E-state index in [4.69, 9.17) is 4.74 Å². The summed E-state index contributed by atoms with van der Waals surface area (Å²) >= 11 is 0. The topological polar surface area (TPSA) is 9.23 Å². The van der Waals surface area contributed by atoms with Crippen LogP contribution in [0.15, 0.2) is 37.4 Å². The third kappa shape index (κ3) is 1.67. The van der Waals surface area contributed by atoms with Gasteiger partial charge >= 0.3 is 0 Å². The lowest BCUT2D eigenvalue weighted by atomic mass is 9.93. The highest BCUT2D eigenvalue weighted by Crippen LogP contribution is 2.41. The summed E-state index contributed by atoms with van der Waals surface area (Å²) < 4.78 is 33.8. The lowest BCUT2D eigenvalue weighted by Gasteiger charge is -2.23. The Morgan fingerprint density at radius 3 is 2.15 bits per heavy atom. The average Bonchev–Trinajstić information content (AvgIpc) is 2.48. The van der Waals surface area contributed by atoms with Gasteiger partial charge in [0.1, 0.15) is 12.4 Å². The van der Waals surface area contributed by atoms with Crippen LogP contribution in [0, 0.1) is 11.6 Å². The number of benzene rings is 2. The Hall–Kier alpha value is -2.42. The summed E-state index contributed by atoms with van der Waals surface area (Å²) in [6.07, 6.45) is 2.88. The maximum absolute atomic E-state index is 14.2. The van der Waals surface area contributed by atoms with Crippen molar-refractivity contribution in [2.45, 2.75) is 6.61 Å². The summed E-state index contributed by atoms with van der Waals surface area (Å²) in [6.45, 7) is 7.13. The molecule has 0 atom stereocenters. The molecule has 2 aromatic rings. The molecule has 0 radical (unpaired) electrons. The van der Waals surface area contributed by atoms with Crippen LogP contribution >= 0.6 is 0 Å². The molecule has 1 nitrogen and oxygen atoms in total. The number of hydrogen-bond acceptors (Lipinski definition) is 1. The monoisotopic (exact) mass is 270 g/mol. The van der Waals surface area contributed by atoms with Gasteiger partial charge in [0.25, 0.3) is 0 Å². The van der Waals surface area contributed by atoms with Crippen LogP contribution in [0.5, 0.6) is 5.75 Å². The van der Waals surface area contributed by atoms with E-state index >= 15 is 0 Å². The Bertz CT molecular complexity index is 669. The van der Waals surface area contributed by atoms with Gasteiger partial charge in [-0.1, -0.05) is 43.5 Å². The average molecular weight is 270 g/mol. The zero-order chi connectivity index (χ0) is 14.3. The van der Waals surface area contributed by atoms with Crippen molar-refractivity contribution in [1.82, 2.24) is 0 Å². The van der Waals surface area contributed by atoms with E-state index in [-0.39, 0.29) is 18.2 Å². The number of rotatable bonds is 2. The zero-order valence-corrected chi connectivity index (χ0v) is 10.7. The van der Waals surface area contributed by atoms with Crippen molar-refractivity contribution >= 4 is 12.2 Å². The first-order valence-corrected chi connectivity index (χ1v) is 6.19. The molecule has 3 rings (SSSR count). The molecular formula is C17H12F2O. The first kappa shape index (κ1) is 12.6. The third-order valence-corrected chi connectivity index (χ3v) is 3.49. The van der Waals surface area contributed by atoms with Gasteiger partial charge in [-0.2, -0.15) is 0 Å². The molecule has 20 heavy (non-hydrogen) atoms. The second-order valence-corrected chi connectivity index (χ2v) is 4.54. The normalized spacial score (nSPS) is 12.1. The zero-order valence-electron chi connectivity index (χ0n) is 10.7. The minimum Gasteiger partial charge on any atom is -0.485 e. The van der Waals surface area contributed by atoms with Crippen molar-refractivity contribution in [3.8, 4) is 16.9 Å². The number of hydrogen-bond donors (Lipinski definition) is 0. The maximum Gasteiger partial charge on any atom is 0.172 e. The molecule has 2 aromatic carbocycles. The van der Waals surface area contributed by atoms with Crippen molar-refractivity contribution in [2.24, 2.45) is 0 Å². The summed E-state index contributed by atoms with van der Waals surface area (Å²) in [5.74, 6) is -0.673. The number of ether oxygens (including phenoxy) is 1. The first-order valence-electron chi connectivity index (χ1n) is 6.19. The number of halogens is 2. The van der Waals surface area contributed by atoms with Gasteiger partial charge in [-0.25, -0.2) is 8.78 Å². The van der Waals surface area contributed by atoms with E-state index < -0.39 is 5.82 Å². The summed E-state index contributed by atoms with van der Waals surface area (Å²) in [6, 6.07) is 6.73. The Morgan fingerprint density at radius 1 is 0.900 bits per heavy atom. The SMILES string of the molecule is C=Cc1ccc2c(c1F)COc1c-2ccc(C=C)c1F. The van der Waals surface area contributed by atoms with Crippen LogP contribution in [0.25, 0.3) is 23.3 Å². The molecule has 0 saturated carbocycles. The van der Waals surface area contributed by atoms with E-state index in [0.717, 1.165) is 0 Å². The van der Waals surface area contributed by atoms with Crippen LogP contribution in [0.4, 0.5) is 8.78 Å². The Morgan fingerprint density at radius 2 is 1.50 bits per heavy atom. The molecule has 0 aliphatic carbocycles. The fraction of sp³-hybridized carbons (Fsp3) is 0.0588. The largest absolute Gasteiger partial charge is 0.485 e. The van der Waals surface area contributed by atoms with E-state index in [9.17, 15) is 8.78 Å². The first-order chi connectivity index (χ1) is 9.67. The predicted octanol–water partition coefficient (Wildman–Crippen LogP) is 4.81. The minimum atomic E-state index is -0.462. The smallest absolute Gasteiger partial charge is 0.172 e. The second kappa shape index (κ2) is 4.60. The van der Waals surface area contributed by atoms with E-state index in [2.05, 4.69) is 13.2 Å². The van der Waals surface area contributed by atoms with Crippen LogP contribution in [0.3, 0.4) is 0 Å². The number of fused-ring (bicyclic) bond motifs is 3. The molecule has 1 aliphatic heterocycles. The molecule has 0 unspecified atom stereocenters. The van der Waals surface area contributed by atoms with Gasteiger partial charge in [0.15, 0.2) is 11.6 Å². The second-order valence-electron chi connectivity index (χ2n) is 4.54. The Kier molecular flexibility index (Phi) is 2.90. The standard InChI is InChI=1S/C17H12F2O/c1-3-10-5-7-12-13-8-6-11(4-2)16(19)17(13)20-9-14(12)15(10)18/h3-8H,1-2,9H2. The molecule has 0 aromatic heterocycles. The highest BCUT2D eigenvalue weighted by Gasteiger charge is 2.24. The predicted molar refractivity (Wildman–Crippen MR) is 76.3 cm³/mol. The van der Waals surface area contributed by atoms with E-state index in [0.29, 0.717) is 27.8 Å². The van der Waals surface area contributed by atoms with Crippen LogP contribution in [-0.4, -0.2) is 0 Å². The summed E-state index contributed by atoms with van der Waals surface area (Å²) in [5, 5.41) is 0. The van der Waals surface area contributed by atoms with Crippen molar-refractivity contribution in [1.29, 1.82) is 0 Å². The van der Waals surface area contributed by atoms with Gasteiger partial charge < -0.3 is 4.74 Å². The fourth-order valence-electron chi connectivity index (χ4n) is 2.42. The van der Waals surface area contributed by atoms with Crippen molar-refractivity contribution in [3.05, 3.63) is 65.7 Å². The lowest BCUT2D eigenvalue weighted by Crippen LogP contribution is -2.10. The van der Waals surface area contributed by atoms with Crippen molar-refractivity contribution in [2.75, 3.05) is 0 Å². The molecule has 0 bridgehead atoms. The van der Waals surface area contributed by atoms with E-state index in [1.54, 1.807) is 24.3 Å². The van der Waals surface area contributed by atoms with Gasteiger partial charge in [0.05, 0.1) is 0 Å². The molecular weight excluding hydrogens is 258 g/mol. The summed E-state index contributed by atoms with van der Waals surface area (Å²) in [5.41, 5.74) is 2.43. The van der Waals surface area contributed by atoms with Gasteiger partial charge in [-0.15, -0.1) is 0 Å². The molecule has 1 aliphatic rings. The molecule has 0 saturated heterocycles. The van der Waals surface area contributed by atoms with Gasteiger partial charge in [-0.3, -0.25) is 0 Å². The molecule has 100 valence electrons. The van der Waals surface area contributed by atoms with Gasteiger partial charge in [-0.05, 0) is 11.6 Å². The van der Waals surface area contributed by atoms with Crippen molar-refractivity contribution < 1.29 is 13.5 Å². The van der Waals surface area contributed by atoms with E-state index in [1.165, 1.54) is 12.2 Å². The van der Waals surface area contributed by atoms with Crippen LogP contribution in [0.1, 0.15) is 16.7 Å². The fourth-order valence-corrected chi connectivity index (χ4v) is 2.42. The third-order valence-electron chi connectivity index (χ3n) is 3.49. The molecule has 3 heteroatoms. The Labute approximate surface area is 115 Å². The van der Waals surface area contributed by atoms with Gasteiger partial charge in [0, 0.05) is 22.3 Å². The van der Waals surface area contributed by atoms with Gasteiger partial charge in [0.2, 0.25) is 0 Å². The van der Waals surface area contributed by atoms with Crippen LogP contribution < -0.4 is 4.74 Å². The summed E-state index contributed by atoms with van der Waals surface area (Å²) in [7, 11) is 0. The Balaban J connectivity index is 2.27. The molecule has 0 spiro atoms. The lowest BCUT2D eigenvalue weighted by molar-refractivity contribution is 0.280. The maximum atomic E-state index is 14.2. The van der Waals surface area contributed by atoms with E-state index in [1.807, 2.05) is 0 Å². The summed E-state index contributed by atoms with van der Waals surface area (Å²) in [4.78, 5) is 0. The quantitative estimate of drug-likeness (QED) is 0.761. The minimum absolute atomic E-state index is 0.00730.